The lowest BCUT2D eigenvalue weighted by molar-refractivity contribution is -0.384. The summed E-state index contributed by atoms with van der Waals surface area (Å²) >= 11 is 5.88. The van der Waals surface area contributed by atoms with E-state index in [0.29, 0.717) is 11.6 Å². The maximum atomic E-state index is 10.8. The van der Waals surface area contributed by atoms with Gasteiger partial charge in [-0.1, -0.05) is 6.07 Å². The number of hydrogen-bond acceptors (Lipinski definition) is 7. The minimum absolute atomic E-state index is 0.0229. The Morgan fingerprint density at radius 3 is 2.50 bits per heavy atom. The van der Waals surface area contributed by atoms with Gasteiger partial charge in [0.1, 0.15) is 0 Å². The largest absolute Gasteiger partial charge is 0.349 e. The molecule has 1 aromatic heterocycles. The van der Waals surface area contributed by atoms with Crippen molar-refractivity contribution in [3.63, 3.8) is 0 Å². The Morgan fingerprint density at radius 2 is 1.86 bits per heavy atom. The van der Waals surface area contributed by atoms with Crippen LogP contribution in [-0.4, -0.2) is 25.4 Å². The molecule has 0 unspecified atom stereocenters. The predicted octanol–water partition coefficient (Wildman–Crippen LogP) is 3.39. The number of aromatic nitrogens is 3. The molecule has 0 saturated carbocycles. The van der Waals surface area contributed by atoms with Gasteiger partial charge in [0.2, 0.25) is 17.2 Å². The summed E-state index contributed by atoms with van der Waals surface area (Å²) in [7, 11) is 0. The fraction of sp³-hybridized carbons (Fsp3) is 0.308. The van der Waals surface area contributed by atoms with Crippen molar-refractivity contribution < 1.29 is 4.92 Å². The molecule has 0 aliphatic carbocycles. The van der Waals surface area contributed by atoms with Crippen molar-refractivity contribution in [2.24, 2.45) is 0 Å². The van der Waals surface area contributed by atoms with Crippen molar-refractivity contribution in [3.05, 3.63) is 39.7 Å². The molecular weight excluding hydrogens is 308 g/mol. The summed E-state index contributed by atoms with van der Waals surface area (Å²) in [5.41, 5.74) is 0.212. The summed E-state index contributed by atoms with van der Waals surface area (Å²) in [6.45, 7) is 5.87. The molecular formula is C13H15ClN6O2. The van der Waals surface area contributed by atoms with Crippen LogP contribution in [0.3, 0.4) is 0 Å². The molecule has 0 spiro atoms. The van der Waals surface area contributed by atoms with Crippen LogP contribution in [0.1, 0.15) is 20.8 Å². The van der Waals surface area contributed by atoms with Crippen molar-refractivity contribution in [2.75, 3.05) is 10.6 Å². The van der Waals surface area contributed by atoms with Crippen molar-refractivity contribution >= 4 is 34.9 Å². The maximum absolute atomic E-state index is 10.8. The Kier molecular flexibility index (Phi) is 4.41. The van der Waals surface area contributed by atoms with Gasteiger partial charge in [-0.2, -0.15) is 15.0 Å². The molecule has 1 aromatic carbocycles. The molecule has 116 valence electrons. The number of nitro groups is 1. The zero-order valence-electron chi connectivity index (χ0n) is 12.3. The Labute approximate surface area is 132 Å². The van der Waals surface area contributed by atoms with Gasteiger partial charge >= 0.3 is 0 Å². The Bertz CT molecular complexity index is 701. The monoisotopic (exact) mass is 322 g/mol. The van der Waals surface area contributed by atoms with Crippen molar-refractivity contribution in [3.8, 4) is 0 Å². The molecule has 2 aromatic rings. The van der Waals surface area contributed by atoms with Crippen LogP contribution in [0.4, 0.5) is 23.3 Å². The average Bonchev–Trinajstić information content (AvgIpc) is 2.36. The second-order valence-corrected chi connectivity index (χ2v) is 5.90. The van der Waals surface area contributed by atoms with E-state index in [-0.39, 0.29) is 22.5 Å². The molecule has 0 atom stereocenters. The highest BCUT2D eigenvalue weighted by atomic mass is 35.5. The SMILES string of the molecule is CC(C)(C)Nc1nc(Cl)nc(Nc2cccc([N+](=O)[O-])c2)n1. The lowest BCUT2D eigenvalue weighted by Gasteiger charge is -2.20. The van der Waals surface area contributed by atoms with Gasteiger partial charge in [0.25, 0.3) is 5.69 Å². The molecule has 1 heterocycles. The predicted molar refractivity (Wildman–Crippen MR) is 84.6 cm³/mol. The number of nitrogens with zero attached hydrogens (tertiary/aromatic N) is 4. The summed E-state index contributed by atoms with van der Waals surface area (Å²) in [5.74, 6) is 0.521. The lowest BCUT2D eigenvalue weighted by Crippen LogP contribution is -2.27. The van der Waals surface area contributed by atoms with E-state index in [1.54, 1.807) is 12.1 Å². The molecule has 2 rings (SSSR count). The zero-order chi connectivity index (χ0) is 16.3. The maximum Gasteiger partial charge on any atom is 0.271 e. The highest BCUT2D eigenvalue weighted by Gasteiger charge is 2.14. The summed E-state index contributed by atoms with van der Waals surface area (Å²) in [4.78, 5) is 22.4. The van der Waals surface area contributed by atoms with Gasteiger partial charge in [0.05, 0.1) is 4.92 Å². The Morgan fingerprint density at radius 1 is 1.18 bits per heavy atom. The van der Waals surface area contributed by atoms with Gasteiger partial charge < -0.3 is 10.6 Å². The van der Waals surface area contributed by atoms with Crippen LogP contribution < -0.4 is 10.6 Å². The second kappa shape index (κ2) is 6.10. The number of rotatable bonds is 4. The molecule has 2 N–H and O–H groups in total. The average molecular weight is 323 g/mol. The molecule has 0 fully saturated rings. The molecule has 0 bridgehead atoms. The minimum Gasteiger partial charge on any atom is -0.349 e. The highest BCUT2D eigenvalue weighted by Crippen LogP contribution is 2.21. The molecule has 22 heavy (non-hydrogen) atoms. The van der Waals surface area contributed by atoms with Gasteiger partial charge in [-0.3, -0.25) is 10.1 Å². The molecule has 0 aliphatic rings. The summed E-state index contributed by atoms with van der Waals surface area (Å²) < 4.78 is 0. The van der Waals surface area contributed by atoms with E-state index in [0.717, 1.165) is 0 Å². The third-order valence-electron chi connectivity index (χ3n) is 2.41. The van der Waals surface area contributed by atoms with Gasteiger partial charge in [-0.15, -0.1) is 0 Å². The van der Waals surface area contributed by atoms with E-state index in [9.17, 15) is 10.1 Å². The first-order valence-electron chi connectivity index (χ1n) is 6.44. The summed E-state index contributed by atoms with van der Waals surface area (Å²) in [6.07, 6.45) is 0. The van der Waals surface area contributed by atoms with Crippen molar-refractivity contribution in [1.29, 1.82) is 0 Å². The van der Waals surface area contributed by atoms with Crippen LogP contribution in [0.25, 0.3) is 0 Å². The van der Waals surface area contributed by atoms with Crippen LogP contribution >= 0.6 is 11.6 Å². The number of benzene rings is 1. The van der Waals surface area contributed by atoms with E-state index in [1.807, 2.05) is 20.8 Å². The fourth-order valence-corrected chi connectivity index (χ4v) is 1.78. The van der Waals surface area contributed by atoms with Crippen molar-refractivity contribution in [2.45, 2.75) is 26.3 Å². The van der Waals surface area contributed by atoms with Gasteiger partial charge in [0, 0.05) is 23.4 Å². The fourth-order valence-electron chi connectivity index (χ4n) is 1.62. The van der Waals surface area contributed by atoms with Gasteiger partial charge in [-0.05, 0) is 38.4 Å². The zero-order valence-corrected chi connectivity index (χ0v) is 13.0. The molecule has 8 nitrogen and oxygen atoms in total. The first-order valence-corrected chi connectivity index (χ1v) is 6.82. The topological polar surface area (TPSA) is 106 Å². The number of nitrogens with one attached hydrogen (secondary N) is 2. The standard InChI is InChI=1S/C13H15ClN6O2/c1-13(2,3)19-12-17-10(14)16-11(18-12)15-8-5-4-6-9(7-8)20(21)22/h4-7H,1-3H3,(H2,15,16,17,18,19). The molecule has 0 radical (unpaired) electrons. The minimum atomic E-state index is -0.474. The molecule has 0 amide bonds. The smallest absolute Gasteiger partial charge is 0.271 e. The summed E-state index contributed by atoms with van der Waals surface area (Å²) in [6, 6.07) is 6.02. The first-order chi connectivity index (χ1) is 10.2. The number of anilines is 3. The lowest BCUT2D eigenvalue weighted by atomic mass is 10.1. The molecule has 9 heteroatoms. The van der Waals surface area contributed by atoms with Crippen LogP contribution in [0.15, 0.2) is 24.3 Å². The van der Waals surface area contributed by atoms with E-state index < -0.39 is 4.92 Å². The summed E-state index contributed by atoms with van der Waals surface area (Å²) in [5, 5.41) is 16.8. The number of non-ortho nitro benzene ring substituents is 1. The van der Waals surface area contributed by atoms with E-state index >= 15 is 0 Å². The number of nitro benzene ring substituents is 1. The normalized spacial score (nSPS) is 11.1. The van der Waals surface area contributed by atoms with Crippen molar-refractivity contribution in [1.82, 2.24) is 15.0 Å². The van der Waals surface area contributed by atoms with Gasteiger partial charge in [-0.25, -0.2) is 0 Å². The molecule has 0 aliphatic heterocycles. The van der Waals surface area contributed by atoms with Crippen LogP contribution in [0.5, 0.6) is 0 Å². The Hall–Kier alpha value is -2.48. The van der Waals surface area contributed by atoms with Crippen LogP contribution in [0.2, 0.25) is 5.28 Å². The second-order valence-electron chi connectivity index (χ2n) is 5.56. The quantitative estimate of drug-likeness (QED) is 0.656. The van der Waals surface area contributed by atoms with E-state index in [1.165, 1.54) is 12.1 Å². The number of hydrogen-bond donors (Lipinski definition) is 2. The van der Waals surface area contributed by atoms with Gasteiger partial charge in [0.15, 0.2) is 0 Å². The third kappa shape index (κ3) is 4.52. The van der Waals surface area contributed by atoms with Crippen LogP contribution in [0, 0.1) is 10.1 Å². The number of halogens is 1. The Balaban J connectivity index is 2.26. The molecule has 0 saturated heterocycles. The highest BCUT2D eigenvalue weighted by molar-refractivity contribution is 6.28. The first kappa shape index (κ1) is 15.9. The van der Waals surface area contributed by atoms with Crippen LogP contribution in [-0.2, 0) is 0 Å². The third-order valence-corrected chi connectivity index (χ3v) is 2.58. The van der Waals surface area contributed by atoms with E-state index in [2.05, 4.69) is 25.6 Å². The van der Waals surface area contributed by atoms with E-state index in [4.69, 9.17) is 11.6 Å².